The first-order valence-electron chi connectivity index (χ1n) is 12.6. The molecule has 0 spiro atoms. The number of nitrogens with zero attached hydrogens (tertiary/aromatic N) is 3. The van der Waals surface area contributed by atoms with Gasteiger partial charge in [-0.3, -0.25) is 9.78 Å². The standard InChI is InChI=1S/C27H28N4O4/c32-22(7-6-18-3-2-8-34-18)25-30-26(35-31-25)20-14-28-21-5-1-4-19(21)24(20)29-23-16-9-15-10-17(23)13-27(33,11-15)12-16/h1-4,8,14-17,23,33H,5-7,9-13H2,(H,28,29)/t15?,16-,17+,23?,27?. The highest BCUT2D eigenvalue weighted by molar-refractivity contribution is 5.93. The number of pyridine rings is 1. The Morgan fingerprint density at radius 2 is 2.09 bits per heavy atom. The number of fused-ring (bicyclic) bond motifs is 1. The lowest BCUT2D eigenvalue weighted by atomic mass is 9.52. The van der Waals surface area contributed by atoms with Crippen molar-refractivity contribution in [3.05, 3.63) is 53.5 Å². The molecule has 0 radical (unpaired) electrons. The third kappa shape index (κ3) is 3.62. The summed E-state index contributed by atoms with van der Waals surface area (Å²) < 4.78 is 10.9. The van der Waals surface area contributed by atoms with E-state index in [9.17, 15) is 9.90 Å². The number of allylic oxidation sites excluding steroid dienone is 1. The lowest BCUT2D eigenvalue weighted by molar-refractivity contribution is -0.129. The monoisotopic (exact) mass is 472 g/mol. The number of carbonyl (C=O) groups is 1. The second-order valence-electron chi connectivity index (χ2n) is 10.8. The number of nitrogens with one attached hydrogen (secondary N) is 1. The SMILES string of the molecule is O=C(CCc1ccco1)c1noc(-c2cnc3c(c2NC2[C@@H]4CC5C[C@H]2CC(O)(C5)C4)C=CC3)n1. The van der Waals surface area contributed by atoms with Crippen molar-refractivity contribution in [3.8, 4) is 11.5 Å². The molecule has 4 bridgehead atoms. The number of rotatable bonds is 7. The van der Waals surface area contributed by atoms with E-state index in [2.05, 4.69) is 32.6 Å². The smallest absolute Gasteiger partial charge is 0.262 e. The molecule has 8 rings (SSSR count). The summed E-state index contributed by atoms with van der Waals surface area (Å²) in [5.41, 5.74) is 3.27. The van der Waals surface area contributed by atoms with Gasteiger partial charge < -0.3 is 19.4 Å². The molecule has 0 aliphatic heterocycles. The van der Waals surface area contributed by atoms with Crippen LogP contribution in [-0.2, 0) is 12.8 Å². The Bertz CT molecular complexity index is 1290. The van der Waals surface area contributed by atoms with Gasteiger partial charge in [0, 0.05) is 37.1 Å². The number of aromatic nitrogens is 3. The first-order valence-corrected chi connectivity index (χ1v) is 12.6. The molecule has 5 aliphatic rings. The molecule has 5 aliphatic carbocycles. The molecule has 2 N–H and O–H groups in total. The van der Waals surface area contributed by atoms with Crippen molar-refractivity contribution in [2.75, 3.05) is 5.32 Å². The van der Waals surface area contributed by atoms with Crippen molar-refractivity contribution in [3.63, 3.8) is 0 Å². The molecule has 8 heteroatoms. The van der Waals surface area contributed by atoms with E-state index >= 15 is 0 Å². The van der Waals surface area contributed by atoms with Crippen molar-refractivity contribution in [1.29, 1.82) is 0 Å². The highest BCUT2D eigenvalue weighted by Gasteiger charge is 2.54. The molecule has 8 nitrogen and oxygen atoms in total. The summed E-state index contributed by atoms with van der Waals surface area (Å²) in [5, 5.41) is 18.9. The second-order valence-corrected chi connectivity index (χ2v) is 10.8. The Morgan fingerprint density at radius 1 is 1.23 bits per heavy atom. The van der Waals surface area contributed by atoms with Crippen LogP contribution >= 0.6 is 0 Å². The Morgan fingerprint density at radius 3 is 2.86 bits per heavy atom. The minimum Gasteiger partial charge on any atom is -0.469 e. The lowest BCUT2D eigenvalue weighted by Gasteiger charge is -2.58. The van der Waals surface area contributed by atoms with Gasteiger partial charge in [-0.15, -0.1) is 0 Å². The zero-order valence-corrected chi connectivity index (χ0v) is 19.4. The van der Waals surface area contributed by atoms with Gasteiger partial charge in [0.15, 0.2) is 0 Å². The fraction of sp³-hybridized carbons (Fsp3) is 0.481. The minimum absolute atomic E-state index is 0.0744. The van der Waals surface area contributed by atoms with E-state index in [4.69, 9.17) is 8.94 Å². The van der Waals surface area contributed by atoms with Crippen LogP contribution in [0.15, 0.2) is 39.6 Å². The van der Waals surface area contributed by atoms with Crippen molar-refractivity contribution >= 4 is 17.5 Å². The fourth-order valence-corrected chi connectivity index (χ4v) is 7.15. The summed E-state index contributed by atoms with van der Waals surface area (Å²) in [5.74, 6) is 2.49. The van der Waals surface area contributed by atoms with Gasteiger partial charge in [-0.25, -0.2) is 0 Å². The molecule has 3 unspecified atom stereocenters. The van der Waals surface area contributed by atoms with Gasteiger partial charge in [-0.05, 0) is 62.0 Å². The Balaban J connectivity index is 1.18. The highest BCUT2D eigenvalue weighted by atomic mass is 16.5. The van der Waals surface area contributed by atoms with E-state index in [-0.39, 0.29) is 18.0 Å². The van der Waals surface area contributed by atoms with Crippen LogP contribution in [-0.4, -0.2) is 37.7 Å². The number of aryl methyl sites for hydroxylation is 1. The first-order chi connectivity index (χ1) is 17.0. The summed E-state index contributed by atoms with van der Waals surface area (Å²) in [6.45, 7) is 0. The van der Waals surface area contributed by atoms with Crippen molar-refractivity contribution < 1.29 is 18.8 Å². The van der Waals surface area contributed by atoms with Crippen LogP contribution in [0, 0.1) is 17.8 Å². The minimum atomic E-state index is -0.477. The normalized spacial score (nSPS) is 30.1. The second kappa shape index (κ2) is 7.88. The van der Waals surface area contributed by atoms with Gasteiger partial charge >= 0.3 is 0 Å². The van der Waals surface area contributed by atoms with Gasteiger partial charge in [0.05, 0.1) is 28.8 Å². The third-order valence-electron chi connectivity index (χ3n) is 8.43. The number of aliphatic hydroxyl groups is 1. The third-order valence-corrected chi connectivity index (χ3v) is 8.43. The largest absolute Gasteiger partial charge is 0.469 e. The van der Waals surface area contributed by atoms with Crippen LogP contribution in [0.1, 0.15) is 66.2 Å². The van der Waals surface area contributed by atoms with Crippen LogP contribution in [0.25, 0.3) is 17.5 Å². The number of ketones is 1. The number of hydrogen-bond acceptors (Lipinski definition) is 8. The number of Topliss-reactive ketones (excluding diaryl/α,β-unsaturated/α-hetero) is 1. The zero-order valence-electron chi connectivity index (χ0n) is 19.4. The molecule has 0 amide bonds. The Hall–Kier alpha value is -3.26. The number of furan rings is 1. The van der Waals surface area contributed by atoms with Gasteiger partial charge in [0.25, 0.3) is 5.89 Å². The molecule has 4 saturated carbocycles. The summed E-state index contributed by atoms with van der Waals surface area (Å²) in [7, 11) is 0. The predicted molar refractivity (Wildman–Crippen MR) is 128 cm³/mol. The van der Waals surface area contributed by atoms with E-state index in [1.54, 1.807) is 18.5 Å². The van der Waals surface area contributed by atoms with Crippen molar-refractivity contribution in [1.82, 2.24) is 15.1 Å². The van der Waals surface area contributed by atoms with E-state index in [0.29, 0.717) is 36.1 Å². The Labute approximate surface area is 202 Å². The molecule has 0 saturated heterocycles. The molecule has 3 heterocycles. The average molecular weight is 473 g/mol. The Kier molecular flexibility index (Phi) is 4.74. The number of hydrogen-bond donors (Lipinski definition) is 2. The maximum absolute atomic E-state index is 12.7. The van der Waals surface area contributed by atoms with Crippen LogP contribution < -0.4 is 5.32 Å². The van der Waals surface area contributed by atoms with Gasteiger partial charge in [0.1, 0.15) is 5.76 Å². The number of anilines is 1. The molecule has 4 fully saturated rings. The van der Waals surface area contributed by atoms with Gasteiger partial charge in [0.2, 0.25) is 11.6 Å². The van der Waals surface area contributed by atoms with Crippen LogP contribution in [0.3, 0.4) is 0 Å². The summed E-state index contributed by atoms with van der Waals surface area (Å²) in [6.07, 6.45) is 14.2. The number of carbonyl (C=O) groups excluding carboxylic acids is 1. The van der Waals surface area contributed by atoms with Crippen LogP contribution in [0.2, 0.25) is 0 Å². The fourth-order valence-electron chi connectivity index (χ4n) is 7.15. The average Bonchev–Trinajstić information content (AvgIpc) is 3.60. The summed E-state index contributed by atoms with van der Waals surface area (Å²) in [6, 6.07) is 3.95. The quantitative estimate of drug-likeness (QED) is 0.485. The van der Waals surface area contributed by atoms with Gasteiger partial charge in [-0.1, -0.05) is 17.3 Å². The van der Waals surface area contributed by atoms with E-state index in [1.165, 1.54) is 12.8 Å². The van der Waals surface area contributed by atoms with E-state index in [0.717, 1.165) is 54.0 Å². The molecular weight excluding hydrogens is 444 g/mol. The van der Waals surface area contributed by atoms with E-state index in [1.807, 2.05) is 6.07 Å². The lowest BCUT2D eigenvalue weighted by Crippen LogP contribution is -2.59. The molecule has 3 aromatic rings. The summed E-state index contributed by atoms with van der Waals surface area (Å²) in [4.78, 5) is 21.8. The maximum atomic E-state index is 12.7. The van der Waals surface area contributed by atoms with Crippen molar-refractivity contribution in [2.45, 2.75) is 63.0 Å². The van der Waals surface area contributed by atoms with E-state index < -0.39 is 5.60 Å². The zero-order chi connectivity index (χ0) is 23.6. The molecule has 3 aromatic heterocycles. The molecule has 5 atom stereocenters. The highest BCUT2D eigenvalue weighted by Crippen LogP contribution is 2.56. The maximum Gasteiger partial charge on any atom is 0.262 e. The molecule has 0 aromatic carbocycles. The van der Waals surface area contributed by atoms with Crippen LogP contribution in [0.4, 0.5) is 5.69 Å². The molecular formula is C27H28N4O4. The van der Waals surface area contributed by atoms with Crippen LogP contribution in [0.5, 0.6) is 0 Å². The first kappa shape index (κ1) is 21.1. The van der Waals surface area contributed by atoms with Gasteiger partial charge in [-0.2, -0.15) is 4.98 Å². The topological polar surface area (TPSA) is 114 Å². The predicted octanol–water partition coefficient (Wildman–Crippen LogP) is 4.46. The summed E-state index contributed by atoms with van der Waals surface area (Å²) >= 11 is 0. The molecule has 180 valence electrons. The van der Waals surface area contributed by atoms with Crippen molar-refractivity contribution in [2.24, 2.45) is 17.8 Å². The molecule has 35 heavy (non-hydrogen) atoms.